The number of halogens is 1. The summed E-state index contributed by atoms with van der Waals surface area (Å²) in [5, 5.41) is 3.96. The summed E-state index contributed by atoms with van der Waals surface area (Å²) >= 11 is 3.41. The lowest BCUT2D eigenvalue weighted by molar-refractivity contribution is 0.0955. The van der Waals surface area contributed by atoms with Crippen LogP contribution in [0.1, 0.15) is 15.9 Å². The van der Waals surface area contributed by atoms with Crippen molar-refractivity contribution in [3.63, 3.8) is 0 Å². The molecule has 2 aromatic carbocycles. The van der Waals surface area contributed by atoms with Gasteiger partial charge in [-0.2, -0.15) is 5.10 Å². The van der Waals surface area contributed by atoms with Crippen LogP contribution in [-0.2, 0) is 0 Å². The van der Waals surface area contributed by atoms with E-state index in [9.17, 15) is 4.79 Å². The first kappa shape index (κ1) is 17.6. The highest BCUT2D eigenvalue weighted by molar-refractivity contribution is 9.10. The van der Waals surface area contributed by atoms with Crippen LogP contribution in [0.15, 0.2) is 52.0 Å². The molecule has 0 saturated heterocycles. The zero-order valence-corrected chi connectivity index (χ0v) is 14.5. The van der Waals surface area contributed by atoms with Gasteiger partial charge in [0, 0.05) is 15.6 Å². The predicted molar refractivity (Wildman–Crippen MR) is 96.5 cm³/mol. The molecule has 24 heavy (non-hydrogen) atoms. The van der Waals surface area contributed by atoms with Crippen molar-refractivity contribution < 1.29 is 14.3 Å². The lowest BCUT2D eigenvalue weighted by Crippen LogP contribution is -2.17. The molecule has 0 aliphatic rings. The van der Waals surface area contributed by atoms with Crippen molar-refractivity contribution in [2.24, 2.45) is 5.10 Å². The summed E-state index contributed by atoms with van der Waals surface area (Å²) in [6, 6.07) is 12.1. The van der Waals surface area contributed by atoms with E-state index in [2.05, 4.69) is 32.4 Å². The van der Waals surface area contributed by atoms with Gasteiger partial charge in [0.15, 0.2) is 0 Å². The number of benzene rings is 2. The van der Waals surface area contributed by atoms with Crippen molar-refractivity contribution in [3.8, 4) is 23.8 Å². The standard InChI is InChI=1S/C18H15BrN2O3/c1-3-10-24-16-8-9-17(19)14(11-16)12-20-21-18(22)13-4-6-15(23-2)7-5-13/h1,4-9,11-12H,10H2,2H3,(H,21,22)/b20-12+. The second-order valence-corrected chi connectivity index (χ2v) is 5.46. The number of hydrazone groups is 1. The third kappa shape index (κ3) is 4.86. The van der Waals surface area contributed by atoms with E-state index in [1.165, 1.54) is 6.21 Å². The SMILES string of the molecule is C#CCOc1ccc(Br)c(/C=N/NC(=O)c2ccc(OC)cc2)c1. The van der Waals surface area contributed by atoms with Crippen LogP contribution in [0.4, 0.5) is 0 Å². The molecule has 2 aromatic rings. The maximum atomic E-state index is 12.0. The molecule has 0 radical (unpaired) electrons. The van der Waals surface area contributed by atoms with Gasteiger partial charge in [0.05, 0.1) is 13.3 Å². The van der Waals surface area contributed by atoms with Gasteiger partial charge in [0.25, 0.3) is 5.91 Å². The van der Waals surface area contributed by atoms with E-state index in [0.717, 1.165) is 10.0 Å². The molecule has 5 nitrogen and oxygen atoms in total. The van der Waals surface area contributed by atoms with E-state index in [4.69, 9.17) is 15.9 Å². The first-order valence-electron chi connectivity index (χ1n) is 6.97. The molecule has 0 aliphatic carbocycles. The minimum Gasteiger partial charge on any atom is -0.497 e. The maximum absolute atomic E-state index is 12.0. The Bertz CT molecular complexity index is 780. The molecule has 122 valence electrons. The topological polar surface area (TPSA) is 59.9 Å². The fraction of sp³-hybridized carbons (Fsp3) is 0.111. The summed E-state index contributed by atoms with van der Waals surface area (Å²) in [4.78, 5) is 12.0. The molecular weight excluding hydrogens is 372 g/mol. The van der Waals surface area contributed by atoms with Crippen LogP contribution in [0.5, 0.6) is 11.5 Å². The third-order valence-electron chi connectivity index (χ3n) is 3.01. The Morgan fingerprint density at radius 2 is 2.00 bits per heavy atom. The highest BCUT2D eigenvalue weighted by Crippen LogP contribution is 2.21. The second kappa shape index (κ2) is 8.75. The number of amides is 1. The van der Waals surface area contributed by atoms with Gasteiger partial charge in [-0.3, -0.25) is 4.79 Å². The molecular formula is C18H15BrN2O3. The van der Waals surface area contributed by atoms with Crippen LogP contribution < -0.4 is 14.9 Å². The molecule has 2 rings (SSSR count). The Morgan fingerprint density at radius 3 is 2.67 bits per heavy atom. The van der Waals surface area contributed by atoms with E-state index in [1.807, 2.05) is 6.07 Å². The number of nitrogens with zero attached hydrogens (tertiary/aromatic N) is 1. The molecule has 0 saturated carbocycles. The van der Waals surface area contributed by atoms with Crippen LogP contribution in [0.25, 0.3) is 0 Å². The maximum Gasteiger partial charge on any atom is 0.271 e. The van der Waals surface area contributed by atoms with Gasteiger partial charge in [0.2, 0.25) is 0 Å². The fourth-order valence-electron chi connectivity index (χ4n) is 1.80. The lowest BCUT2D eigenvalue weighted by Gasteiger charge is -2.05. The first-order valence-corrected chi connectivity index (χ1v) is 7.76. The smallest absolute Gasteiger partial charge is 0.271 e. The number of terminal acetylenes is 1. The zero-order valence-electron chi connectivity index (χ0n) is 13.0. The molecule has 0 unspecified atom stereocenters. The molecule has 6 heteroatoms. The Morgan fingerprint density at radius 1 is 1.29 bits per heavy atom. The van der Waals surface area contributed by atoms with Crippen LogP contribution in [0.3, 0.4) is 0 Å². The molecule has 0 bridgehead atoms. The van der Waals surface area contributed by atoms with E-state index in [1.54, 1.807) is 43.5 Å². The van der Waals surface area contributed by atoms with E-state index < -0.39 is 0 Å². The van der Waals surface area contributed by atoms with Crippen molar-refractivity contribution in [1.82, 2.24) is 5.43 Å². The van der Waals surface area contributed by atoms with Gasteiger partial charge in [-0.25, -0.2) is 5.43 Å². The largest absolute Gasteiger partial charge is 0.497 e. The van der Waals surface area contributed by atoms with Gasteiger partial charge in [-0.05, 0) is 42.5 Å². The van der Waals surface area contributed by atoms with Crippen molar-refractivity contribution in [2.45, 2.75) is 0 Å². The average molecular weight is 387 g/mol. The Kier molecular flexibility index (Phi) is 6.41. The normalized spacial score (nSPS) is 10.2. The number of hydrogen-bond acceptors (Lipinski definition) is 4. The molecule has 0 aliphatic heterocycles. The van der Waals surface area contributed by atoms with E-state index in [-0.39, 0.29) is 12.5 Å². The lowest BCUT2D eigenvalue weighted by atomic mass is 10.2. The molecule has 0 atom stereocenters. The number of hydrogen-bond donors (Lipinski definition) is 1. The molecule has 0 heterocycles. The molecule has 1 amide bonds. The van der Waals surface area contributed by atoms with Crippen LogP contribution in [-0.4, -0.2) is 25.8 Å². The Hall–Kier alpha value is -2.78. The predicted octanol–water partition coefficient (Wildman–Crippen LogP) is 3.23. The van der Waals surface area contributed by atoms with E-state index in [0.29, 0.717) is 17.1 Å². The zero-order chi connectivity index (χ0) is 17.4. The summed E-state index contributed by atoms with van der Waals surface area (Å²) in [5.41, 5.74) is 3.70. The third-order valence-corrected chi connectivity index (χ3v) is 3.73. The van der Waals surface area contributed by atoms with Gasteiger partial charge in [-0.15, -0.1) is 6.42 Å². The summed E-state index contributed by atoms with van der Waals surface area (Å²) in [7, 11) is 1.57. The summed E-state index contributed by atoms with van der Waals surface area (Å²) in [6.45, 7) is 0.187. The molecule has 0 spiro atoms. The number of methoxy groups -OCH3 is 1. The van der Waals surface area contributed by atoms with Crippen LogP contribution in [0.2, 0.25) is 0 Å². The van der Waals surface area contributed by atoms with Crippen molar-refractivity contribution in [2.75, 3.05) is 13.7 Å². The quantitative estimate of drug-likeness (QED) is 0.470. The average Bonchev–Trinajstić information content (AvgIpc) is 2.62. The summed E-state index contributed by atoms with van der Waals surface area (Å²) in [6.07, 6.45) is 6.69. The molecule has 0 aromatic heterocycles. The first-order chi connectivity index (χ1) is 11.6. The number of rotatable bonds is 6. The number of carbonyl (C=O) groups excluding carboxylic acids is 1. The van der Waals surface area contributed by atoms with Crippen LogP contribution in [0, 0.1) is 12.3 Å². The van der Waals surface area contributed by atoms with Gasteiger partial charge in [0.1, 0.15) is 18.1 Å². The number of carbonyl (C=O) groups is 1. The van der Waals surface area contributed by atoms with Crippen molar-refractivity contribution in [1.29, 1.82) is 0 Å². The number of nitrogens with one attached hydrogen (secondary N) is 1. The fourth-order valence-corrected chi connectivity index (χ4v) is 2.15. The molecule has 0 fully saturated rings. The summed E-state index contributed by atoms with van der Waals surface area (Å²) in [5.74, 6) is 3.39. The van der Waals surface area contributed by atoms with E-state index >= 15 is 0 Å². The van der Waals surface area contributed by atoms with Crippen molar-refractivity contribution in [3.05, 3.63) is 58.1 Å². The molecule has 1 N–H and O–H groups in total. The van der Waals surface area contributed by atoms with Crippen molar-refractivity contribution >= 4 is 28.1 Å². The van der Waals surface area contributed by atoms with Gasteiger partial charge >= 0.3 is 0 Å². The summed E-state index contributed by atoms with van der Waals surface area (Å²) < 4.78 is 11.2. The van der Waals surface area contributed by atoms with Crippen LogP contribution >= 0.6 is 15.9 Å². The Balaban J connectivity index is 2.02. The monoisotopic (exact) mass is 386 g/mol. The van der Waals surface area contributed by atoms with Gasteiger partial charge in [-0.1, -0.05) is 21.9 Å². The highest BCUT2D eigenvalue weighted by Gasteiger charge is 2.04. The minimum atomic E-state index is -0.315. The van der Waals surface area contributed by atoms with Gasteiger partial charge < -0.3 is 9.47 Å². The number of ether oxygens (including phenoxy) is 2. The Labute approximate surface area is 148 Å². The second-order valence-electron chi connectivity index (χ2n) is 4.60. The highest BCUT2D eigenvalue weighted by atomic mass is 79.9. The minimum absolute atomic E-state index is 0.187.